The van der Waals surface area contributed by atoms with Gasteiger partial charge in [-0.25, -0.2) is 0 Å². The third kappa shape index (κ3) is 3.44. The average Bonchev–Trinajstić information content (AvgIpc) is 3.16. The lowest BCUT2D eigenvalue weighted by Crippen LogP contribution is -2.52. The van der Waals surface area contributed by atoms with Gasteiger partial charge in [-0.05, 0) is 42.3 Å². The van der Waals surface area contributed by atoms with Crippen molar-refractivity contribution in [3.05, 3.63) is 34.9 Å². The molecule has 4 rings (SSSR count). The number of carbonyl (C=O) groups is 3. The standard InChI is InChI=1S/C21H28N4O3/c1-13-9-24(10-14(13)7-8-22)11-15-3-2-4-16-12-25(21(28)19(15)16)17-5-6-18(26)23-20(17)27/h2-4,13-14,17H,5-12,22H2,1H3,(H,23,26,27)/t13-,14-,17?/m1/s1. The molecule has 1 aromatic rings. The van der Waals surface area contributed by atoms with Crippen molar-refractivity contribution < 1.29 is 14.4 Å². The van der Waals surface area contributed by atoms with Crippen molar-refractivity contribution in [2.75, 3.05) is 19.6 Å². The molecule has 0 radical (unpaired) electrons. The lowest BCUT2D eigenvalue weighted by Gasteiger charge is -2.29. The summed E-state index contributed by atoms with van der Waals surface area (Å²) in [7, 11) is 0. The highest BCUT2D eigenvalue weighted by molar-refractivity contribution is 6.05. The third-order valence-electron chi connectivity index (χ3n) is 6.41. The Morgan fingerprint density at radius 3 is 2.79 bits per heavy atom. The van der Waals surface area contributed by atoms with Gasteiger partial charge in [0.15, 0.2) is 0 Å². The number of imide groups is 1. The van der Waals surface area contributed by atoms with Crippen molar-refractivity contribution in [2.45, 2.75) is 45.3 Å². The quantitative estimate of drug-likeness (QED) is 0.735. The minimum atomic E-state index is -0.564. The molecule has 3 heterocycles. The van der Waals surface area contributed by atoms with Crippen LogP contribution >= 0.6 is 0 Å². The maximum absolute atomic E-state index is 13.2. The Hall–Kier alpha value is -2.25. The Balaban J connectivity index is 1.51. The van der Waals surface area contributed by atoms with E-state index in [-0.39, 0.29) is 24.1 Å². The summed E-state index contributed by atoms with van der Waals surface area (Å²) in [5, 5.41) is 2.36. The van der Waals surface area contributed by atoms with E-state index in [1.165, 1.54) is 0 Å². The molecule has 3 atom stereocenters. The van der Waals surface area contributed by atoms with Crippen LogP contribution < -0.4 is 11.1 Å². The maximum Gasteiger partial charge on any atom is 0.255 e. The summed E-state index contributed by atoms with van der Waals surface area (Å²) in [6, 6.07) is 5.41. The number of hydrogen-bond acceptors (Lipinski definition) is 5. The number of nitrogens with zero attached hydrogens (tertiary/aromatic N) is 2. The molecular weight excluding hydrogens is 356 g/mol. The van der Waals surface area contributed by atoms with Gasteiger partial charge < -0.3 is 10.6 Å². The lowest BCUT2D eigenvalue weighted by molar-refractivity contribution is -0.136. The molecular formula is C21H28N4O3. The number of carbonyl (C=O) groups excluding carboxylic acids is 3. The SMILES string of the molecule is C[C@@H]1CN(Cc2cccc3c2C(=O)N(C2CCC(=O)NC2=O)C3)C[C@H]1CCN. The molecule has 0 aromatic heterocycles. The van der Waals surface area contributed by atoms with Crippen molar-refractivity contribution in [1.29, 1.82) is 0 Å². The van der Waals surface area contributed by atoms with Gasteiger partial charge in [0.25, 0.3) is 5.91 Å². The van der Waals surface area contributed by atoms with E-state index in [1.807, 2.05) is 18.2 Å². The predicted molar refractivity (Wildman–Crippen MR) is 104 cm³/mol. The van der Waals surface area contributed by atoms with Crippen LogP contribution in [0.3, 0.4) is 0 Å². The molecule has 150 valence electrons. The van der Waals surface area contributed by atoms with E-state index < -0.39 is 6.04 Å². The average molecular weight is 384 g/mol. The molecule has 28 heavy (non-hydrogen) atoms. The first-order valence-corrected chi connectivity index (χ1v) is 10.2. The number of fused-ring (bicyclic) bond motifs is 1. The smallest absolute Gasteiger partial charge is 0.255 e. The van der Waals surface area contributed by atoms with Crippen molar-refractivity contribution in [3.63, 3.8) is 0 Å². The molecule has 0 saturated carbocycles. The van der Waals surface area contributed by atoms with Gasteiger partial charge in [0.05, 0.1) is 0 Å². The Labute approximate surface area is 165 Å². The van der Waals surface area contributed by atoms with Crippen LogP contribution in [-0.2, 0) is 22.7 Å². The molecule has 1 unspecified atom stereocenters. The number of likely N-dealkylation sites (tertiary alicyclic amines) is 1. The monoisotopic (exact) mass is 384 g/mol. The molecule has 7 heteroatoms. The molecule has 2 fully saturated rings. The zero-order valence-corrected chi connectivity index (χ0v) is 16.3. The minimum absolute atomic E-state index is 0.0918. The summed E-state index contributed by atoms with van der Waals surface area (Å²) in [5.74, 6) is 0.498. The van der Waals surface area contributed by atoms with Gasteiger partial charge in [-0.2, -0.15) is 0 Å². The fourth-order valence-electron chi connectivity index (χ4n) is 4.92. The van der Waals surface area contributed by atoms with Gasteiger partial charge >= 0.3 is 0 Å². The fraction of sp³-hybridized carbons (Fsp3) is 0.571. The molecule has 3 aliphatic heterocycles. The van der Waals surface area contributed by atoms with Gasteiger partial charge in [0.2, 0.25) is 11.8 Å². The Morgan fingerprint density at radius 2 is 2.04 bits per heavy atom. The predicted octanol–water partition coefficient (Wildman–Crippen LogP) is 0.864. The van der Waals surface area contributed by atoms with Crippen molar-refractivity contribution in [1.82, 2.24) is 15.1 Å². The number of benzene rings is 1. The maximum atomic E-state index is 13.2. The van der Waals surface area contributed by atoms with E-state index in [0.29, 0.717) is 31.3 Å². The second-order valence-corrected chi connectivity index (χ2v) is 8.36. The summed E-state index contributed by atoms with van der Waals surface area (Å²) >= 11 is 0. The first kappa shape index (κ1) is 19.1. The summed E-state index contributed by atoms with van der Waals surface area (Å²) in [6.45, 7) is 6.17. The Morgan fingerprint density at radius 1 is 1.21 bits per heavy atom. The topological polar surface area (TPSA) is 95.7 Å². The highest BCUT2D eigenvalue weighted by Gasteiger charge is 2.40. The summed E-state index contributed by atoms with van der Waals surface area (Å²) in [5.41, 5.74) is 8.48. The van der Waals surface area contributed by atoms with Crippen molar-refractivity contribution in [3.8, 4) is 0 Å². The molecule has 0 bridgehead atoms. The number of hydrogen-bond donors (Lipinski definition) is 2. The van der Waals surface area contributed by atoms with Crippen molar-refractivity contribution >= 4 is 17.7 Å². The van der Waals surface area contributed by atoms with Crippen molar-refractivity contribution in [2.24, 2.45) is 17.6 Å². The van der Waals surface area contributed by atoms with E-state index >= 15 is 0 Å². The molecule has 1 aromatic carbocycles. The van der Waals surface area contributed by atoms with Crippen LogP contribution in [0.2, 0.25) is 0 Å². The Bertz CT molecular complexity index is 809. The van der Waals surface area contributed by atoms with Gasteiger partial charge in [-0.3, -0.25) is 24.6 Å². The van der Waals surface area contributed by atoms with Crippen LogP contribution in [0.1, 0.15) is 47.7 Å². The summed E-state index contributed by atoms with van der Waals surface area (Å²) < 4.78 is 0. The highest BCUT2D eigenvalue weighted by Crippen LogP contribution is 2.32. The molecule has 0 aliphatic carbocycles. The molecule has 3 N–H and O–H groups in total. The van der Waals surface area contributed by atoms with E-state index in [9.17, 15) is 14.4 Å². The van der Waals surface area contributed by atoms with Gasteiger partial charge in [0.1, 0.15) is 6.04 Å². The number of piperidine rings is 1. The zero-order valence-electron chi connectivity index (χ0n) is 16.3. The second kappa shape index (κ2) is 7.64. The number of nitrogens with one attached hydrogen (secondary N) is 1. The second-order valence-electron chi connectivity index (χ2n) is 8.36. The molecule has 3 amide bonds. The van der Waals surface area contributed by atoms with Crippen LogP contribution in [0.5, 0.6) is 0 Å². The van der Waals surface area contributed by atoms with Crippen LogP contribution in [0, 0.1) is 11.8 Å². The first-order chi connectivity index (χ1) is 13.5. The largest absolute Gasteiger partial charge is 0.330 e. The first-order valence-electron chi connectivity index (χ1n) is 10.2. The van der Waals surface area contributed by atoms with E-state index in [1.54, 1.807) is 4.90 Å². The Kier molecular flexibility index (Phi) is 5.21. The zero-order chi connectivity index (χ0) is 19.8. The highest BCUT2D eigenvalue weighted by atomic mass is 16.2. The van der Waals surface area contributed by atoms with E-state index in [2.05, 4.69) is 17.1 Å². The number of rotatable bonds is 5. The van der Waals surface area contributed by atoms with E-state index in [4.69, 9.17) is 5.73 Å². The third-order valence-corrected chi connectivity index (χ3v) is 6.41. The summed E-state index contributed by atoms with van der Waals surface area (Å²) in [4.78, 5) is 40.9. The van der Waals surface area contributed by atoms with Gasteiger partial charge in [-0.15, -0.1) is 0 Å². The normalized spacial score (nSPS) is 28.0. The number of nitrogens with two attached hydrogens (primary N) is 1. The van der Waals surface area contributed by atoms with Crippen LogP contribution in [0.4, 0.5) is 0 Å². The summed E-state index contributed by atoms with van der Waals surface area (Å²) in [6.07, 6.45) is 1.70. The van der Waals surface area contributed by atoms with Crippen LogP contribution in [0.15, 0.2) is 18.2 Å². The van der Waals surface area contributed by atoms with Gasteiger partial charge in [0, 0.05) is 38.2 Å². The van der Waals surface area contributed by atoms with Crippen LogP contribution in [-0.4, -0.2) is 53.2 Å². The molecule has 0 spiro atoms. The van der Waals surface area contributed by atoms with E-state index in [0.717, 1.165) is 42.7 Å². The number of amides is 3. The fourth-order valence-corrected chi connectivity index (χ4v) is 4.92. The molecule has 3 aliphatic rings. The minimum Gasteiger partial charge on any atom is -0.330 e. The molecule has 7 nitrogen and oxygen atoms in total. The molecule has 2 saturated heterocycles. The van der Waals surface area contributed by atoms with Gasteiger partial charge in [-0.1, -0.05) is 25.1 Å². The lowest BCUT2D eigenvalue weighted by atomic mass is 9.95. The van der Waals surface area contributed by atoms with Crippen LogP contribution in [0.25, 0.3) is 0 Å².